The fourth-order valence-electron chi connectivity index (χ4n) is 1.59. The Morgan fingerprint density at radius 1 is 1.35 bits per heavy atom. The first-order valence-corrected chi connectivity index (χ1v) is 7.29. The highest BCUT2D eigenvalue weighted by Crippen LogP contribution is 2.27. The molecule has 1 amide bonds. The molecular formula is C13H11Br2FN2O2. The first kappa shape index (κ1) is 15.1. The van der Waals surface area contributed by atoms with E-state index in [1.807, 2.05) is 6.07 Å². The Balaban J connectivity index is 2.07. The van der Waals surface area contributed by atoms with Crippen molar-refractivity contribution in [3.05, 3.63) is 45.0 Å². The summed E-state index contributed by atoms with van der Waals surface area (Å²) in [4.78, 5) is 11.0. The van der Waals surface area contributed by atoms with Crippen molar-refractivity contribution in [3.8, 4) is 0 Å². The molecule has 0 fully saturated rings. The zero-order valence-corrected chi connectivity index (χ0v) is 13.6. The third kappa shape index (κ3) is 3.83. The lowest BCUT2D eigenvalue weighted by Crippen LogP contribution is -2.08. The number of amides is 1. The summed E-state index contributed by atoms with van der Waals surface area (Å²) in [7, 11) is 0. The fraction of sp³-hybridized carbons (Fsp3) is 0.154. The molecule has 106 valence electrons. The lowest BCUT2D eigenvalue weighted by Gasteiger charge is -2.08. The molecule has 20 heavy (non-hydrogen) atoms. The van der Waals surface area contributed by atoms with Crippen molar-refractivity contribution in [1.29, 1.82) is 0 Å². The van der Waals surface area contributed by atoms with Crippen LogP contribution >= 0.6 is 31.9 Å². The van der Waals surface area contributed by atoms with Crippen LogP contribution in [0.15, 0.2) is 37.8 Å². The van der Waals surface area contributed by atoms with E-state index in [2.05, 4.69) is 42.5 Å². The standard InChI is InChI=1S/C13H11Br2FN2O2/c1-7(19)18-12-4-8(2-3-11(12)16)17-6-9-5-10(14)13(15)20-9/h2-5,17H,6H2,1H3,(H,18,19). The number of halogens is 3. The van der Waals surface area contributed by atoms with Crippen LogP contribution in [0.5, 0.6) is 0 Å². The SMILES string of the molecule is CC(=O)Nc1cc(NCc2cc(Br)c(Br)o2)ccc1F. The molecule has 0 aliphatic carbocycles. The summed E-state index contributed by atoms with van der Waals surface area (Å²) in [5.74, 6) is -0.0802. The number of furan rings is 1. The molecular weight excluding hydrogens is 395 g/mol. The van der Waals surface area contributed by atoms with Crippen molar-refractivity contribution in [1.82, 2.24) is 0 Å². The second kappa shape index (κ2) is 6.41. The highest BCUT2D eigenvalue weighted by Gasteiger charge is 2.08. The Bertz CT molecular complexity index is 624. The van der Waals surface area contributed by atoms with E-state index in [1.54, 1.807) is 6.07 Å². The molecule has 0 bridgehead atoms. The Morgan fingerprint density at radius 2 is 2.10 bits per heavy atom. The van der Waals surface area contributed by atoms with Gasteiger partial charge in [0.15, 0.2) is 4.67 Å². The molecule has 1 aromatic heterocycles. The van der Waals surface area contributed by atoms with Gasteiger partial charge >= 0.3 is 0 Å². The maximum absolute atomic E-state index is 13.5. The number of hydrogen-bond acceptors (Lipinski definition) is 3. The van der Waals surface area contributed by atoms with Crippen molar-refractivity contribution in [2.24, 2.45) is 0 Å². The second-order valence-corrected chi connectivity index (χ2v) is 5.64. The first-order chi connectivity index (χ1) is 9.45. The van der Waals surface area contributed by atoms with E-state index in [-0.39, 0.29) is 11.6 Å². The molecule has 0 saturated heterocycles. The zero-order valence-electron chi connectivity index (χ0n) is 10.5. The van der Waals surface area contributed by atoms with E-state index >= 15 is 0 Å². The normalized spacial score (nSPS) is 10.4. The van der Waals surface area contributed by atoms with Gasteiger partial charge in [-0.05, 0) is 56.1 Å². The van der Waals surface area contributed by atoms with Crippen LogP contribution in [-0.4, -0.2) is 5.91 Å². The topological polar surface area (TPSA) is 54.3 Å². The van der Waals surface area contributed by atoms with E-state index in [4.69, 9.17) is 4.42 Å². The van der Waals surface area contributed by atoms with Crippen molar-refractivity contribution in [3.63, 3.8) is 0 Å². The Kier molecular flexibility index (Phi) is 4.82. The average molecular weight is 406 g/mol. The van der Waals surface area contributed by atoms with Gasteiger partial charge in [0.05, 0.1) is 16.7 Å². The molecule has 7 heteroatoms. The van der Waals surface area contributed by atoms with E-state index in [0.29, 0.717) is 22.7 Å². The monoisotopic (exact) mass is 404 g/mol. The number of anilines is 2. The Labute approximate surface area is 132 Å². The molecule has 2 N–H and O–H groups in total. The summed E-state index contributed by atoms with van der Waals surface area (Å²) >= 11 is 6.58. The quantitative estimate of drug-likeness (QED) is 0.786. The van der Waals surface area contributed by atoms with Crippen LogP contribution in [0.1, 0.15) is 12.7 Å². The molecule has 0 unspecified atom stereocenters. The summed E-state index contributed by atoms with van der Waals surface area (Å²) in [6.07, 6.45) is 0. The summed E-state index contributed by atoms with van der Waals surface area (Å²) in [5, 5.41) is 5.52. The van der Waals surface area contributed by atoms with Gasteiger partial charge in [0.25, 0.3) is 0 Å². The largest absolute Gasteiger partial charge is 0.451 e. The molecule has 0 aliphatic heterocycles. The molecule has 1 aromatic carbocycles. The minimum absolute atomic E-state index is 0.143. The fourth-order valence-corrected chi connectivity index (χ4v) is 2.25. The lowest BCUT2D eigenvalue weighted by molar-refractivity contribution is -0.114. The van der Waals surface area contributed by atoms with Crippen molar-refractivity contribution >= 4 is 49.1 Å². The molecule has 2 rings (SSSR count). The van der Waals surface area contributed by atoms with Gasteiger partial charge in [-0.1, -0.05) is 0 Å². The maximum Gasteiger partial charge on any atom is 0.221 e. The molecule has 2 aromatic rings. The highest BCUT2D eigenvalue weighted by atomic mass is 79.9. The number of hydrogen-bond donors (Lipinski definition) is 2. The molecule has 0 spiro atoms. The average Bonchev–Trinajstić information content (AvgIpc) is 2.69. The Morgan fingerprint density at radius 3 is 2.70 bits per heavy atom. The van der Waals surface area contributed by atoms with Gasteiger partial charge in [0, 0.05) is 12.6 Å². The minimum Gasteiger partial charge on any atom is -0.451 e. The number of carbonyl (C=O) groups is 1. The molecule has 1 heterocycles. The summed E-state index contributed by atoms with van der Waals surface area (Å²) in [6, 6.07) is 6.24. The van der Waals surface area contributed by atoms with Crippen LogP contribution in [-0.2, 0) is 11.3 Å². The van der Waals surface area contributed by atoms with E-state index in [0.717, 1.165) is 4.47 Å². The molecule has 0 saturated carbocycles. The van der Waals surface area contributed by atoms with Crippen LogP contribution in [0.2, 0.25) is 0 Å². The summed E-state index contributed by atoms with van der Waals surface area (Å²) in [5.41, 5.74) is 0.822. The van der Waals surface area contributed by atoms with Gasteiger partial charge in [-0.25, -0.2) is 4.39 Å². The third-order valence-electron chi connectivity index (χ3n) is 2.44. The van der Waals surface area contributed by atoms with Gasteiger partial charge in [0.1, 0.15) is 11.6 Å². The van der Waals surface area contributed by atoms with E-state index in [1.165, 1.54) is 19.1 Å². The summed E-state index contributed by atoms with van der Waals surface area (Å²) in [6.45, 7) is 1.77. The summed E-state index contributed by atoms with van der Waals surface area (Å²) < 4.78 is 20.3. The molecule has 0 aliphatic rings. The van der Waals surface area contributed by atoms with Crippen LogP contribution < -0.4 is 10.6 Å². The van der Waals surface area contributed by atoms with E-state index < -0.39 is 5.82 Å². The number of benzene rings is 1. The maximum atomic E-state index is 13.5. The van der Waals surface area contributed by atoms with Crippen LogP contribution in [0, 0.1) is 5.82 Å². The van der Waals surface area contributed by atoms with Crippen LogP contribution in [0.4, 0.5) is 15.8 Å². The van der Waals surface area contributed by atoms with Gasteiger partial charge in [-0.2, -0.15) is 0 Å². The highest BCUT2D eigenvalue weighted by molar-refractivity contribution is 9.13. The lowest BCUT2D eigenvalue weighted by atomic mass is 10.2. The first-order valence-electron chi connectivity index (χ1n) is 5.70. The van der Waals surface area contributed by atoms with Crippen molar-refractivity contribution in [2.75, 3.05) is 10.6 Å². The molecule has 0 atom stereocenters. The smallest absolute Gasteiger partial charge is 0.221 e. The van der Waals surface area contributed by atoms with Gasteiger partial charge in [0.2, 0.25) is 5.91 Å². The number of nitrogens with one attached hydrogen (secondary N) is 2. The predicted molar refractivity (Wildman–Crippen MR) is 82.1 cm³/mol. The molecule has 0 radical (unpaired) electrons. The zero-order chi connectivity index (χ0) is 14.7. The van der Waals surface area contributed by atoms with Crippen LogP contribution in [0.25, 0.3) is 0 Å². The minimum atomic E-state index is -0.478. The van der Waals surface area contributed by atoms with E-state index in [9.17, 15) is 9.18 Å². The third-order valence-corrected chi connectivity index (χ3v) is 4.15. The molecule has 4 nitrogen and oxygen atoms in total. The Hall–Kier alpha value is -1.34. The van der Waals surface area contributed by atoms with Gasteiger partial charge < -0.3 is 15.1 Å². The van der Waals surface area contributed by atoms with Gasteiger partial charge in [-0.3, -0.25) is 4.79 Å². The van der Waals surface area contributed by atoms with Crippen LogP contribution in [0.3, 0.4) is 0 Å². The number of carbonyl (C=O) groups excluding carboxylic acids is 1. The van der Waals surface area contributed by atoms with Gasteiger partial charge in [-0.15, -0.1) is 0 Å². The van der Waals surface area contributed by atoms with Crippen molar-refractivity contribution in [2.45, 2.75) is 13.5 Å². The second-order valence-electron chi connectivity index (χ2n) is 4.06. The predicted octanol–water partition coefficient (Wildman–Crippen LogP) is 4.51. The van der Waals surface area contributed by atoms with Crippen molar-refractivity contribution < 1.29 is 13.6 Å². The number of rotatable bonds is 4.